The minimum Gasteiger partial charge on any atom is -0.391 e. The van der Waals surface area contributed by atoms with Crippen LogP contribution in [-0.4, -0.2) is 6.21 Å². The van der Waals surface area contributed by atoms with Crippen LogP contribution in [0.25, 0.3) is 0 Å². The summed E-state index contributed by atoms with van der Waals surface area (Å²) in [7, 11) is 0. The Kier molecular flexibility index (Phi) is 3.04. The first kappa shape index (κ1) is 9.53. The molecule has 2 rings (SSSR count). The number of halogens is 1. The second-order valence-corrected chi connectivity index (χ2v) is 3.83. The Morgan fingerprint density at radius 2 is 2.36 bits per heavy atom. The molecule has 1 fully saturated rings. The van der Waals surface area contributed by atoms with Gasteiger partial charge in [-0.25, -0.2) is 0 Å². The monoisotopic (exact) mass is 208 g/mol. The number of rotatable bonds is 4. The van der Waals surface area contributed by atoms with E-state index < -0.39 is 0 Å². The van der Waals surface area contributed by atoms with Crippen molar-refractivity contribution in [2.75, 3.05) is 0 Å². The molecule has 14 heavy (non-hydrogen) atoms. The summed E-state index contributed by atoms with van der Waals surface area (Å²) in [5.74, 6) is 0.536. The van der Waals surface area contributed by atoms with Crippen LogP contribution < -0.4 is 0 Å². The molecule has 73 valence electrons. The molecule has 0 unspecified atom stereocenters. The molecule has 0 spiro atoms. The molecule has 0 amide bonds. The van der Waals surface area contributed by atoms with E-state index in [0.29, 0.717) is 12.5 Å². The van der Waals surface area contributed by atoms with Crippen LogP contribution in [0.15, 0.2) is 29.4 Å². The topological polar surface area (TPSA) is 21.6 Å². The predicted octanol–water partition coefficient (Wildman–Crippen LogP) is 3.13. The van der Waals surface area contributed by atoms with Crippen LogP contribution in [0.5, 0.6) is 0 Å². The maximum absolute atomic E-state index is 5.82. The van der Waals surface area contributed by atoms with Crippen molar-refractivity contribution in [2.45, 2.75) is 19.4 Å². The Morgan fingerprint density at radius 3 is 3.07 bits per heavy atom. The molecule has 0 bridgehead atoms. The highest BCUT2D eigenvalue weighted by Gasteiger charge is 2.19. The second kappa shape index (κ2) is 4.47. The third-order valence-corrected chi connectivity index (χ3v) is 2.23. The van der Waals surface area contributed by atoms with E-state index in [4.69, 9.17) is 16.4 Å². The summed E-state index contributed by atoms with van der Waals surface area (Å²) >= 11 is 5.82. The highest BCUT2D eigenvalue weighted by atomic mass is 35.5. The maximum Gasteiger partial charge on any atom is 0.142 e. The Bertz CT molecular complexity index is 334. The van der Waals surface area contributed by atoms with Crippen LogP contribution in [0.3, 0.4) is 0 Å². The van der Waals surface area contributed by atoms with Gasteiger partial charge in [-0.15, -0.1) is 0 Å². The molecule has 1 aliphatic rings. The van der Waals surface area contributed by atoms with E-state index in [2.05, 4.69) is 11.4 Å². The van der Waals surface area contributed by atoms with Crippen molar-refractivity contribution in [1.82, 2.24) is 0 Å². The first-order valence-electron chi connectivity index (χ1n) is 4.66. The van der Waals surface area contributed by atoms with Crippen molar-refractivity contribution in [3.8, 4) is 0 Å². The highest BCUT2D eigenvalue weighted by molar-refractivity contribution is 6.30. The van der Waals surface area contributed by atoms with Crippen LogP contribution in [0, 0.1) is 5.92 Å². The van der Waals surface area contributed by atoms with Crippen LogP contribution in [0.4, 0.5) is 0 Å². The van der Waals surface area contributed by atoms with E-state index >= 15 is 0 Å². The van der Waals surface area contributed by atoms with E-state index in [9.17, 15) is 0 Å². The van der Waals surface area contributed by atoms with E-state index in [1.165, 1.54) is 12.8 Å². The average Bonchev–Trinajstić information content (AvgIpc) is 2.96. The Balaban J connectivity index is 1.79. The SMILES string of the molecule is Clc1cccc(CO/N=[C]\C2CC2)c1. The molecular weight excluding hydrogens is 198 g/mol. The summed E-state index contributed by atoms with van der Waals surface area (Å²) in [5, 5.41) is 4.49. The van der Waals surface area contributed by atoms with Gasteiger partial charge in [0.15, 0.2) is 0 Å². The van der Waals surface area contributed by atoms with Crippen LogP contribution in [-0.2, 0) is 11.4 Å². The largest absolute Gasteiger partial charge is 0.391 e. The molecule has 1 aromatic carbocycles. The predicted molar refractivity (Wildman–Crippen MR) is 56.4 cm³/mol. The zero-order valence-electron chi connectivity index (χ0n) is 7.74. The lowest BCUT2D eigenvalue weighted by atomic mass is 10.2. The van der Waals surface area contributed by atoms with E-state index in [1.54, 1.807) is 0 Å². The first-order valence-corrected chi connectivity index (χ1v) is 5.04. The molecule has 2 nitrogen and oxygen atoms in total. The molecular formula is C11H11ClNO. The fraction of sp³-hybridized carbons (Fsp3) is 0.364. The molecule has 0 heterocycles. The second-order valence-electron chi connectivity index (χ2n) is 3.40. The molecule has 1 aliphatic carbocycles. The number of benzene rings is 1. The molecule has 0 N–H and O–H groups in total. The number of hydrogen-bond acceptors (Lipinski definition) is 2. The summed E-state index contributed by atoms with van der Waals surface area (Å²) in [6.07, 6.45) is 5.31. The van der Waals surface area contributed by atoms with E-state index in [-0.39, 0.29) is 0 Å². The van der Waals surface area contributed by atoms with Gasteiger partial charge in [-0.1, -0.05) is 28.9 Å². The Morgan fingerprint density at radius 1 is 1.50 bits per heavy atom. The van der Waals surface area contributed by atoms with Gasteiger partial charge in [0.1, 0.15) is 12.8 Å². The summed E-state index contributed by atoms with van der Waals surface area (Å²) < 4.78 is 0. The van der Waals surface area contributed by atoms with Crippen LogP contribution in [0.1, 0.15) is 18.4 Å². The summed E-state index contributed by atoms with van der Waals surface area (Å²) in [6.45, 7) is 0.459. The fourth-order valence-electron chi connectivity index (χ4n) is 1.06. The van der Waals surface area contributed by atoms with Gasteiger partial charge >= 0.3 is 0 Å². The van der Waals surface area contributed by atoms with Crippen molar-refractivity contribution in [3.63, 3.8) is 0 Å². The maximum atomic E-state index is 5.82. The van der Waals surface area contributed by atoms with Crippen molar-refractivity contribution in [2.24, 2.45) is 11.1 Å². The van der Waals surface area contributed by atoms with Crippen LogP contribution in [0.2, 0.25) is 5.02 Å². The smallest absolute Gasteiger partial charge is 0.142 e. The average molecular weight is 209 g/mol. The van der Waals surface area contributed by atoms with Gasteiger partial charge in [-0.05, 0) is 30.5 Å². The van der Waals surface area contributed by atoms with Gasteiger partial charge in [0.05, 0.1) is 0 Å². The van der Waals surface area contributed by atoms with E-state index in [0.717, 1.165) is 10.6 Å². The lowest BCUT2D eigenvalue weighted by molar-refractivity contribution is 0.131. The normalized spacial score (nSPS) is 16.1. The molecule has 1 radical (unpaired) electrons. The van der Waals surface area contributed by atoms with Gasteiger partial charge in [-0.3, -0.25) is 0 Å². The Labute approximate surface area is 88.5 Å². The lowest BCUT2D eigenvalue weighted by Crippen LogP contribution is -1.87. The minimum atomic E-state index is 0.459. The first-order chi connectivity index (χ1) is 6.84. The third-order valence-electron chi connectivity index (χ3n) is 2.00. The van der Waals surface area contributed by atoms with Crippen molar-refractivity contribution in [3.05, 3.63) is 34.9 Å². The molecule has 0 aliphatic heterocycles. The molecule has 3 heteroatoms. The zero-order valence-corrected chi connectivity index (χ0v) is 8.50. The number of hydrogen-bond donors (Lipinski definition) is 0. The van der Waals surface area contributed by atoms with E-state index in [1.807, 2.05) is 24.3 Å². The van der Waals surface area contributed by atoms with Gasteiger partial charge in [0.25, 0.3) is 0 Å². The molecule has 1 saturated carbocycles. The van der Waals surface area contributed by atoms with Crippen LogP contribution >= 0.6 is 11.6 Å². The summed E-state index contributed by atoms with van der Waals surface area (Å²) in [6, 6.07) is 7.56. The minimum absolute atomic E-state index is 0.459. The standard InChI is InChI=1S/C11H11ClNO/c12-11-3-1-2-10(6-11)8-14-13-7-9-4-5-9/h1-3,6,9H,4-5,8H2. The highest BCUT2D eigenvalue weighted by Crippen LogP contribution is 2.26. The molecule has 0 aromatic heterocycles. The van der Waals surface area contributed by atoms with Gasteiger partial charge in [0.2, 0.25) is 0 Å². The van der Waals surface area contributed by atoms with Gasteiger partial charge in [0, 0.05) is 10.9 Å². The van der Waals surface area contributed by atoms with Crippen molar-refractivity contribution >= 4 is 17.8 Å². The van der Waals surface area contributed by atoms with Gasteiger partial charge in [-0.2, -0.15) is 0 Å². The quantitative estimate of drug-likeness (QED) is 0.550. The fourth-order valence-corrected chi connectivity index (χ4v) is 1.27. The van der Waals surface area contributed by atoms with Gasteiger partial charge < -0.3 is 4.84 Å². The zero-order chi connectivity index (χ0) is 9.80. The van der Waals surface area contributed by atoms with Crippen molar-refractivity contribution < 1.29 is 4.84 Å². The summed E-state index contributed by atoms with van der Waals surface area (Å²) in [5.41, 5.74) is 1.03. The molecule has 0 atom stereocenters. The molecule has 1 aromatic rings. The third kappa shape index (κ3) is 3.04. The van der Waals surface area contributed by atoms with Crippen molar-refractivity contribution in [1.29, 1.82) is 0 Å². The summed E-state index contributed by atoms with van der Waals surface area (Å²) in [4.78, 5) is 5.08. The lowest BCUT2D eigenvalue weighted by Gasteiger charge is -1.99. The Hall–Kier alpha value is -1.02. The number of nitrogens with zero attached hydrogens (tertiary/aromatic N) is 1. The molecule has 0 saturated heterocycles.